The molecule has 4 heteroatoms. The van der Waals surface area contributed by atoms with Gasteiger partial charge in [-0.25, -0.2) is 0 Å². The molecular formula is C10H14BrN3. The SMILES string of the molecule is Brc1cnccc1NCC1CCNC1. The Balaban J connectivity index is 1.88. The highest BCUT2D eigenvalue weighted by Crippen LogP contribution is 2.20. The van der Waals surface area contributed by atoms with E-state index in [-0.39, 0.29) is 0 Å². The van der Waals surface area contributed by atoms with Crippen molar-refractivity contribution in [1.82, 2.24) is 10.3 Å². The number of aromatic nitrogens is 1. The van der Waals surface area contributed by atoms with E-state index in [1.54, 1.807) is 6.20 Å². The molecule has 2 heterocycles. The molecule has 76 valence electrons. The van der Waals surface area contributed by atoms with Crippen molar-refractivity contribution in [3.63, 3.8) is 0 Å². The van der Waals surface area contributed by atoms with Crippen LogP contribution in [0, 0.1) is 5.92 Å². The maximum Gasteiger partial charge on any atom is 0.0590 e. The smallest absolute Gasteiger partial charge is 0.0590 e. The van der Waals surface area contributed by atoms with Gasteiger partial charge in [0.05, 0.1) is 10.2 Å². The van der Waals surface area contributed by atoms with Gasteiger partial charge >= 0.3 is 0 Å². The van der Waals surface area contributed by atoms with Crippen molar-refractivity contribution in [3.05, 3.63) is 22.9 Å². The van der Waals surface area contributed by atoms with E-state index in [1.807, 2.05) is 12.3 Å². The van der Waals surface area contributed by atoms with Gasteiger partial charge in [-0.1, -0.05) is 0 Å². The van der Waals surface area contributed by atoms with Crippen LogP contribution < -0.4 is 10.6 Å². The van der Waals surface area contributed by atoms with Crippen LogP contribution in [0.5, 0.6) is 0 Å². The maximum atomic E-state index is 4.03. The molecule has 2 rings (SSSR count). The van der Waals surface area contributed by atoms with Crippen LogP contribution >= 0.6 is 15.9 Å². The van der Waals surface area contributed by atoms with E-state index in [0.717, 1.165) is 35.7 Å². The molecule has 3 nitrogen and oxygen atoms in total. The molecule has 0 aromatic carbocycles. The zero-order chi connectivity index (χ0) is 9.80. The Kier molecular flexibility index (Phi) is 3.37. The van der Waals surface area contributed by atoms with E-state index >= 15 is 0 Å². The average Bonchev–Trinajstić information content (AvgIpc) is 2.69. The standard InChI is InChI=1S/C10H14BrN3/c11-9-7-13-4-2-10(9)14-6-8-1-3-12-5-8/h2,4,7-8,12H,1,3,5-6H2,(H,13,14). The molecule has 0 bridgehead atoms. The fraction of sp³-hybridized carbons (Fsp3) is 0.500. The summed E-state index contributed by atoms with van der Waals surface area (Å²) in [6, 6.07) is 1.99. The average molecular weight is 256 g/mol. The number of hydrogen-bond donors (Lipinski definition) is 2. The van der Waals surface area contributed by atoms with Gasteiger partial charge in [0.15, 0.2) is 0 Å². The van der Waals surface area contributed by atoms with E-state index < -0.39 is 0 Å². The zero-order valence-electron chi connectivity index (χ0n) is 7.96. The molecular weight excluding hydrogens is 242 g/mol. The molecule has 1 fully saturated rings. The third-order valence-corrected chi connectivity index (χ3v) is 3.15. The highest BCUT2D eigenvalue weighted by molar-refractivity contribution is 9.10. The maximum absolute atomic E-state index is 4.03. The predicted octanol–water partition coefficient (Wildman–Crippen LogP) is 1.87. The lowest BCUT2D eigenvalue weighted by atomic mass is 10.1. The van der Waals surface area contributed by atoms with Crippen molar-refractivity contribution in [3.8, 4) is 0 Å². The predicted molar refractivity (Wildman–Crippen MR) is 61.4 cm³/mol. The van der Waals surface area contributed by atoms with Gasteiger partial charge in [0.1, 0.15) is 0 Å². The molecule has 0 radical (unpaired) electrons. The number of anilines is 1. The Morgan fingerprint density at radius 3 is 3.29 bits per heavy atom. The number of hydrogen-bond acceptors (Lipinski definition) is 3. The summed E-state index contributed by atoms with van der Waals surface area (Å²) in [5.41, 5.74) is 1.13. The van der Waals surface area contributed by atoms with E-state index in [1.165, 1.54) is 6.42 Å². The Morgan fingerprint density at radius 1 is 1.64 bits per heavy atom. The number of pyridine rings is 1. The molecule has 1 aromatic rings. The Labute approximate surface area is 92.4 Å². The van der Waals surface area contributed by atoms with Crippen LogP contribution in [0.15, 0.2) is 22.9 Å². The van der Waals surface area contributed by atoms with Crippen LogP contribution in [0.25, 0.3) is 0 Å². The second-order valence-electron chi connectivity index (χ2n) is 3.60. The third-order valence-electron chi connectivity index (χ3n) is 2.52. The summed E-state index contributed by atoms with van der Waals surface area (Å²) in [7, 11) is 0. The van der Waals surface area contributed by atoms with Crippen LogP contribution in [0.2, 0.25) is 0 Å². The second-order valence-corrected chi connectivity index (χ2v) is 4.45. The van der Waals surface area contributed by atoms with Crippen LogP contribution in [-0.2, 0) is 0 Å². The van der Waals surface area contributed by atoms with Gasteiger partial charge in [-0.15, -0.1) is 0 Å². The largest absolute Gasteiger partial charge is 0.384 e. The summed E-state index contributed by atoms with van der Waals surface area (Å²) in [6.45, 7) is 3.33. The Morgan fingerprint density at radius 2 is 2.57 bits per heavy atom. The number of rotatable bonds is 3. The van der Waals surface area contributed by atoms with Crippen molar-refractivity contribution < 1.29 is 0 Å². The van der Waals surface area contributed by atoms with Crippen molar-refractivity contribution in [2.75, 3.05) is 25.0 Å². The summed E-state index contributed by atoms with van der Waals surface area (Å²) in [6.07, 6.45) is 4.89. The van der Waals surface area contributed by atoms with Crippen LogP contribution in [-0.4, -0.2) is 24.6 Å². The molecule has 0 saturated carbocycles. The highest BCUT2D eigenvalue weighted by Gasteiger charge is 2.13. The van der Waals surface area contributed by atoms with Gasteiger partial charge in [0, 0.05) is 18.9 Å². The second kappa shape index (κ2) is 4.75. The van der Waals surface area contributed by atoms with Gasteiger partial charge in [0.2, 0.25) is 0 Å². The van der Waals surface area contributed by atoms with E-state index in [9.17, 15) is 0 Å². The van der Waals surface area contributed by atoms with Gasteiger partial charge in [-0.3, -0.25) is 4.98 Å². The molecule has 1 atom stereocenters. The first-order valence-electron chi connectivity index (χ1n) is 4.90. The first-order valence-corrected chi connectivity index (χ1v) is 5.69. The summed E-state index contributed by atoms with van der Waals surface area (Å²) in [5, 5.41) is 6.79. The molecule has 0 aliphatic carbocycles. The number of nitrogens with zero attached hydrogens (tertiary/aromatic N) is 1. The molecule has 0 amide bonds. The van der Waals surface area contributed by atoms with Crippen molar-refractivity contribution in [1.29, 1.82) is 0 Å². The monoisotopic (exact) mass is 255 g/mol. The van der Waals surface area contributed by atoms with Gasteiger partial charge in [-0.2, -0.15) is 0 Å². The molecule has 1 aliphatic heterocycles. The fourth-order valence-corrected chi connectivity index (χ4v) is 2.05. The van der Waals surface area contributed by atoms with E-state index in [0.29, 0.717) is 0 Å². The lowest BCUT2D eigenvalue weighted by molar-refractivity contribution is 0.615. The molecule has 1 saturated heterocycles. The topological polar surface area (TPSA) is 37.0 Å². The highest BCUT2D eigenvalue weighted by atomic mass is 79.9. The fourth-order valence-electron chi connectivity index (χ4n) is 1.66. The van der Waals surface area contributed by atoms with Crippen molar-refractivity contribution in [2.45, 2.75) is 6.42 Å². The molecule has 2 N–H and O–H groups in total. The molecule has 1 unspecified atom stereocenters. The van der Waals surface area contributed by atoms with Crippen LogP contribution in [0.4, 0.5) is 5.69 Å². The van der Waals surface area contributed by atoms with E-state index in [4.69, 9.17) is 0 Å². The first-order chi connectivity index (χ1) is 6.86. The van der Waals surface area contributed by atoms with Gasteiger partial charge in [0.25, 0.3) is 0 Å². The van der Waals surface area contributed by atoms with Crippen molar-refractivity contribution in [2.24, 2.45) is 5.92 Å². The molecule has 1 aliphatic rings. The summed E-state index contributed by atoms with van der Waals surface area (Å²) < 4.78 is 1.03. The minimum Gasteiger partial charge on any atom is -0.384 e. The minimum absolute atomic E-state index is 0.759. The van der Waals surface area contributed by atoms with E-state index in [2.05, 4.69) is 31.5 Å². The van der Waals surface area contributed by atoms with Gasteiger partial charge in [-0.05, 0) is 47.4 Å². The molecule has 0 spiro atoms. The number of nitrogens with one attached hydrogen (secondary N) is 2. The first kappa shape index (κ1) is 9.93. The van der Waals surface area contributed by atoms with Crippen molar-refractivity contribution >= 4 is 21.6 Å². The molecule has 14 heavy (non-hydrogen) atoms. The summed E-state index contributed by atoms with van der Waals surface area (Å²) in [5.74, 6) is 0.759. The summed E-state index contributed by atoms with van der Waals surface area (Å²) >= 11 is 3.47. The zero-order valence-corrected chi connectivity index (χ0v) is 9.55. The van der Waals surface area contributed by atoms with Crippen LogP contribution in [0.1, 0.15) is 6.42 Å². The number of halogens is 1. The lowest BCUT2D eigenvalue weighted by Gasteiger charge is -2.11. The third kappa shape index (κ3) is 2.45. The summed E-state index contributed by atoms with van der Waals surface area (Å²) in [4.78, 5) is 4.03. The Hall–Kier alpha value is -0.610. The molecule has 1 aromatic heterocycles. The Bertz CT molecular complexity index is 297. The normalized spacial score (nSPS) is 21.1. The van der Waals surface area contributed by atoms with Crippen LogP contribution in [0.3, 0.4) is 0 Å². The van der Waals surface area contributed by atoms with Gasteiger partial charge < -0.3 is 10.6 Å². The lowest BCUT2D eigenvalue weighted by Crippen LogP contribution is -2.17. The minimum atomic E-state index is 0.759. The quantitative estimate of drug-likeness (QED) is 0.866.